The molecular weight excluding hydrogens is 1740 g/mol. The minimum Gasteiger partial charge on any atom is -0.466 e. The van der Waals surface area contributed by atoms with Crippen molar-refractivity contribution >= 4 is 152 Å². The zero-order chi connectivity index (χ0) is 88.0. The second kappa shape index (κ2) is 54.1. The quantitative estimate of drug-likeness (QED) is 0.00501. The molecule has 7 aromatic carbocycles. The van der Waals surface area contributed by atoms with Crippen LogP contribution in [-0.4, -0.2) is 118 Å². The van der Waals surface area contributed by atoms with Crippen LogP contribution >= 0.6 is 88.3 Å². The van der Waals surface area contributed by atoms with Gasteiger partial charge in [-0.2, -0.15) is 0 Å². The highest BCUT2D eigenvalue weighted by atomic mass is 33.1. The van der Waals surface area contributed by atoms with Gasteiger partial charge in [-0.05, 0) is 184 Å². The highest BCUT2D eigenvalue weighted by Gasteiger charge is 2.24. The normalized spacial score (nSPS) is 12.2. The molecule has 0 spiro atoms. The van der Waals surface area contributed by atoms with Gasteiger partial charge in [-0.1, -0.05) is 194 Å². The van der Waals surface area contributed by atoms with Gasteiger partial charge in [0.05, 0.1) is 45.9 Å². The van der Waals surface area contributed by atoms with Crippen LogP contribution in [0.2, 0.25) is 0 Å². The molecule has 0 N–H and O–H groups in total. The van der Waals surface area contributed by atoms with Crippen molar-refractivity contribution in [1.82, 2.24) is 0 Å². The molecule has 644 valence electrons. The summed E-state index contributed by atoms with van der Waals surface area (Å²) in [6.45, 7) is 7.72. The lowest BCUT2D eigenvalue weighted by Crippen LogP contribution is -2.16. The predicted molar refractivity (Wildman–Crippen MR) is 468 cm³/mol. The van der Waals surface area contributed by atoms with Gasteiger partial charge in [0.2, 0.25) is 0 Å². The molecule has 1 fully saturated rings. The Bertz CT molecular complexity index is 5000. The third-order valence-corrected chi connectivity index (χ3v) is 24.9. The molecule has 38 heteroatoms. The van der Waals surface area contributed by atoms with Crippen molar-refractivity contribution < 1.29 is 116 Å². The van der Waals surface area contributed by atoms with E-state index < -0.39 is 63.0 Å². The number of esters is 9. The van der Waals surface area contributed by atoms with Crippen molar-refractivity contribution in [2.75, 3.05) is 38.8 Å². The average molecular weight is 1820 g/mol. The van der Waals surface area contributed by atoms with Gasteiger partial charge in [-0.3, -0.25) is 24.0 Å². The van der Waals surface area contributed by atoms with E-state index in [1.54, 1.807) is 142 Å². The lowest BCUT2D eigenvalue weighted by Gasteiger charge is -2.10. The fraction of sp³-hybridized carbons (Fsp3) is 0.298. The van der Waals surface area contributed by atoms with Crippen LogP contribution in [0.15, 0.2) is 193 Å². The minimum absolute atomic E-state index is 0.0408. The minimum atomic E-state index is -0.933. The van der Waals surface area contributed by atoms with E-state index in [2.05, 4.69) is 28.0 Å². The number of nitrogens with zero attached hydrogens (tertiary/aromatic N) is 3. The summed E-state index contributed by atoms with van der Waals surface area (Å²) in [6, 6.07) is 47.9. The standard InChI is InChI=1S/C25H24O6S3.C21H17NO7S2.C19H25NO7S2.C19H17NO7S/c1-2-3-6-15-29-22(26)13-14-23(27)31-20-8-5-4-7-19(20)25(28)30-18-11-9-17(10-12-18)21-16-24(32)34-33-21;1-14-13-19(31-30-14)15-8-10-16(11-9-15)28-21(24)17-5-2-3-6-18(17)29-20(23)7-4-12-27-22(25)26;21-18(10-4-1-7-15-11-14-28-29-15)27-17-9-3-2-8-16(17)19(22)25-12-5-6-13-26-20(23)24;1-13(28)14-8-10-15(11-9-14)26-19(22)16-5-2-3-6-17(16)27-18(21)7-4-12-25-20(23)24/h4-5,7-12,16H,2-3,6,13-15H2,1H3;2-3,5-6,8-11,13H,1,4,7,12H2;2-3,8-9,15H,1,4-7,10-14H2;2-3,5-6,8-11H,4,7,12H2,1H3. The van der Waals surface area contributed by atoms with E-state index in [4.69, 9.17) is 67.1 Å². The van der Waals surface area contributed by atoms with Gasteiger partial charge in [0.15, 0.2) is 0 Å². The Morgan fingerprint density at radius 3 is 1.26 bits per heavy atom. The van der Waals surface area contributed by atoms with Gasteiger partial charge in [0.1, 0.15) is 66.3 Å². The number of ether oxygens (including phenoxy) is 9. The second-order valence-corrected chi connectivity index (χ2v) is 34.1. The van der Waals surface area contributed by atoms with E-state index in [-0.39, 0.29) is 116 Å². The Hall–Kier alpha value is -11.4. The molecule has 2 aliphatic heterocycles. The number of thiocarbonyl (C=S) groups is 1. The zero-order valence-electron chi connectivity index (χ0n) is 65.8. The monoisotopic (exact) mass is 1820 g/mol. The van der Waals surface area contributed by atoms with Crippen molar-refractivity contribution in [2.45, 2.75) is 122 Å². The summed E-state index contributed by atoms with van der Waals surface area (Å²) in [7, 11) is 10.2. The number of carbonyl (C=O) groups is 9. The van der Waals surface area contributed by atoms with Gasteiger partial charge in [0, 0.05) is 49.8 Å². The summed E-state index contributed by atoms with van der Waals surface area (Å²) in [5, 5.41) is 28.2. The Morgan fingerprint density at radius 1 is 0.443 bits per heavy atom. The van der Waals surface area contributed by atoms with Gasteiger partial charge in [-0.25, -0.2) is 19.2 Å². The van der Waals surface area contributed by atoms with Crippen LogP contribution in [-0.2, 0) is 48.0 Å². The maximum atomic E-state index is 12.7. The number of para-hydroxylation sites is 4. The first kappa shape index (κ1) is 97.7. The maximum Gasteiger partial charge on any atom is 0.347 e. The Labute approximate surface area is 734 Å². The summed E-state index contributed by atoms with van der Waals surface area (Å²) in [4.78, 5) is 156. The lowest BCUT2D eigenvalue weighted by atomic mass is 10.1. The maximum absolute atomic E-state index is 12.7. The van der Waals surface area contributed by atoms with Crippen LogP contribution in [0.25, 0.3) is 15.3 Å². The summed E-state index contributed by atoms with van der Waals surface area (Å²) in [5.41, 5.74) is 3.28. The molecule has 2 aliphatic rings. The topological polar surface area (TPSA) is 394 Å². The number of rotatable bonds is 42. The van der Waals surface area contributed by atoms with Crippen LogP contribution in [0.3, 0.4) is 0 Å². The summed E-state index contributed by atoms with van der Waals surface area (Å²) in [6.07, 6.45) is 9.82. The van der Waals surface area contributed by atoms with Crippen LogP contribution < -0.4 is 33.2 Å². The first-order chi connectivity index (χ1) is 58.8. The third kappa shape index (κ3) is 36.9. The van der Waals surface area contributed by atoms with Crippen molar-refractivity contribution in [3.05, 3.63) is 261 Å². The highest BCUT2D eigenvalue weighted by Crippen LogP contribution is 2.49. The Morgan fingerprint density at radius 2 is 0.844 bits per heavy atom. The van der Waals surface area contributed by atoms with Crippen LogP contribution in [0, 0.1) is 34.2 Å². The molecule has 10 rings (SSSR count). The first-order valence-electron chi connectivity index (χ1n) is 37.8. The molecule has 1 saturated heterocycles. The second-order valence-electron chi connectivity index (χ2n) is 25.5. The fourth-order valence-electron chi connectivity index (χ4n) is 10.3. The first-order valence-corrected chi connectivity index (χ1v) is 45.3. The van der Waals surface area contributed by atoms with Crippen LogP contribution in [0.4, 0.5) is 0 Å². The number of benzene rings is 7. The average Bonchev–Trinajstić information content (AvgIpc) is 1.51. The molecule has 1 atom stereocenters. The van der Waals surface area contributed by atoms with Gasteiger partial charge in [0.25, 0.3) is 15.3 Å². The molecule has 122 heavy (non-hydrogen) atoms. The number of carbonyl (C=O) groups excluding carboxylic acids is 9. The van der Waals surface area contributed by atoms with Crippen LogP contribution in [0.5, 0.6) is 40.2 Å². The molecule has 0 saturated carbocycles. The summed E-state index contributed by atoms with van der Waals surface area (Å²) >= 11 is 10.2. The smallest absolute Gasteiger partial charge is 0.347 e. The fourth-order valence-corrected chi connectivity index (χ4v) is 17.9. The van der Waals surface area contributed by atoms with E-state index in [9.17, 15) is 73.5 Å². The zero-order valence-corrected chi connectivity index (χ0v) is 72.3. The molecule has 0 amide bonds. The van der Waals surface area contributed by atoms with E-state index in [0.29, 0.717) is 48.4 Å². The van der Waals surface area contributed by atoms with E-state index in [1.807, 2.05) is 58.0 Å². The number of hydrogen-bond donors (Lipinski definition) is 0. The van der Waals surface area contributed by atoms with E-state index >= 15 is 0 Å². The van der Waals surface area contributed by atoms with Gasteiger partial charge < -0.3 is 57.1 Å². The molecule has 30 nitrogen and oxygen atoms in total. The van der Waals surface area contributed by atoms with Crippen molar-refractivity contribution in [3.8, 4) is 50.7 Å². The summed E-state index contributed by atoms with van der Waals surface area (Å²) < 4.78 is 48.3. The third-order valence-electron chi connectivity index (χ3n) is 16.3. The molecule has 0 aliphatic carbocycles. The van der Waals surface area contributed by atoms with E-state index in [1.165, 1.54) is 65.0 Å². The molecule has 1 aromatic heterocycles. The SMILES string of the molecule is C=C1C=C(c2ccc(OC(=O)c3ccccc3OC(=O)CCCO[N+](=O)[O-])cc2)SS1.CC(=S)c1ccc(OC(=O)c2ccccc2OC(=O)CCCO[N+](=O)[O-])cc1.CCCCCOC(=O)CCC(=O)Oc1ccccc1C(=O)Oc1ccc(-c2cc(=S)ss2)cc1.O=C(CCCCC1CCSS1)Oc1ccccc1C(=O)OCCCCO[N+](=O)[O-]. The lowest BCUT2D eigenvalue weighted by molar-refractivity contribution is -0.757. The molecule has 0 radical (unpaired) electrons. The molecule has 8 aromatic rings. The van der Waals surface area contributed by atoms with Crippen LogP contribution in [0.1, 0.15) is 169 Å². The summed E-state index contributed by atoms with van der Waals surface area (Å²) in [5.74, 6) is -2.76. The molecule has 1 unspecified atom stereocenters. The predicted octanol–water partition coefficient (Wildman–Crippen LogP) is 19.9. The van der Waals surface area contributed by atoms with Crippen molar-refractivity contribution in [1.29, 1.82) is 0 Å². The Balaban J connectivity index is 0.000000224. The molecule has 0 bridgehead atoms. The Kier molecular flexibility index (Phi) is 43.3. The van der Waals surface area contributed by atoms with Gasteiger partial charge in [-0.15, -0.1) is 30.3 Å². The molecular formula is C84H83N3O27S8. The largest absolute Gasteiger partial charge is 0.466 e. The number of allylic oxidation sites excluding steroid dienone is 1. The van der Waals surface area contributed by atoms with Gasteiger partial charge >= 0.3 is 53.7 Å². The molecule has 3 heterocycles. The number of unbranched alkanes of at least 4 members (excludes halogenated alkanes) is 4. The number of hydrogen-bond acceptors (Lipinski definition) is 35. The van der Waals surface area contributed by atoms with Crippen molar-refractivity contribution in [3.63, 3.8) is 0 Å². The van der Waals surface area contributed by atoms with Crippen molar-refractivity contribution in [2.24, 2.45) is 0 Å². The van der Waals surface area contributed by atoms with E-state index in [0.717, 1.165) is 78.6 Å². The highest BCUT2D eigenvalue weighted by molar-refractivity contribution is 8.82.